The second-order valence-electron chi connectivity index (χ2n) is 8.62. The first-order valence-electron chi connectivity index (χ1n) is 10.9. The summed E-state index contributed by atoms with van der Waals surface area (Å²) in [5.74, 6) is -5.07. The predicted octanol–water partition coefficient (Wildman–Crippen LogP) is 5.66. The fourth-order valence-electron chi connectivity index (χ4n) is 4.19. The van der Waals surface area contributed by atoms with Gasteiger partial charge >= 0.3 is 6.18 Å². The Morgan fingerprint density at radius 3 is 2.64 bits per heavy atom. The number of nitrogens with zero attached hydrogens (tertiary/aromatic N) is 4. The van der Waals surface area contributed by atoms with Crippen molar-refractivity contribution >= 4 is 23.1 Å². The van der Waals surface area contributed by atoms with Gasteiger partial charge in [-0.1, -0.05) is 19.1 Å². The van der Waals surface area contributed by atoms with Crippen molar-refractivity contribution in [2.75, 3.05) is 18.4 Å². The SMILES string of the molecule is Cc1nc(C(=O)N2CC(F)(F)C[C@@H](C)[C@H]2CNc2cnc(C(F)(F)F)cn2)c(-c2cccc(F)c2)s1. The molecule has 1 aliphatic heterocycles. The zero-order valence-corrected chi connectivity index (χ0v) is 19.9. The zero-order valence-electron chi connectivity index (χ0n) is 19.1. The van der Waals surface area contributed by atoms with Crippen LogP contribution < -0.4 is 5.32 Å². The van der Waals surface area contributed by atoms with Crippen LogP contribution in [0.2, 0.25) is 0 Å². The van der Waals surface area contributed by atoms with Crippen LogP contribution in [0.5, 0.6) is 0 Å². The number of aromatic nitrogens is 3. The molecular weight excluding hydrogens is 508 g/mol. The molecule has 0 aliphatic carbocycles. The summed E-state index contributed by atoms with van der Waals surface area (Å²) in [6, 6.07) is 4.81. The molecule has 36 heavy (non-hydrogen) atoms. The molecular formula is C23H21F6N5OS. The molecule has 0 unspecified atom stereocenters. The van der Waals surface area contributed by atoms with Gasteiger partial charge in [-0.05, 0) is 30.5 Å². The monoisotopic (exact) mass is 529 g/mol. The normalized spacial score (nSPS) is 19.8. The minimum Gasteiger partial charge on any atom is -0.367 e. The lowest BCUT2D eigenvalue weighted by molar-refractivity contribution is -0.141. The number of alkyl halides is 5. The highest BCUT2D eigenvalue weighted by molar-refractivity contribution is 7.15. The molecule has 1 aliphatic rings. The van der Waals surface area contributed by atoms with Crippen LogP contribution in [-0.2, 0) is 6.18 Å². The number of benzene rings is 1. The smallest absolute Gasteiger partial charge is 0.367 e. The Hall–Kier alpha value is -3.22. The maximum atomic E-state index is 14.5. The number of nitrogens with one attached hydrogen (secondary N) is 1. The van der Waals surface area contributed by atoms with Crippen LogP contribution in [0, 0.1) is 18.7 Å². The van der Waals surface area contributed by atoms with Gasteiger partial charge in [0.2, 0.25) is 0 Å². The van der Waals surface area contributed by atoms with E-state index >= 15 is 0 Å². The number of carbonyl (C=O) groups excluding carboxylic acids is 1. The summed E-state index contributed by atoms with van der Waals surface area (Å²) in [6.45, 7) is 2.31. The van der Waals surface area contributed by atoms with E-state index in [1.165, 1.54) is 18.2 Å². The standard InChI is InChI=1S/C23H21F6N5OS/c1-12-7-22(25,26)11-34(16(12)8-31-18-10-30-17(9-32-18)23(27,28)29)21(35)19-20(36-13(2)33-19)14-4-3-5-15(24)6-14/h3-6,9-10,12,16H,7-8,11H2,1-2H3,(H,31,32)/t12-,16-/m1/s1. The highest BCUT2D eigenvalue weighted by atomic mass is 32.1. The minimum atomic E-state index is -4.65. The van der Waals surface area contributed by atoms with Gasteiger partial charge in [0.05, 0.1) is 34.9 Å². The van der Waals surface area contributed by atoms with Gasteiger partial charge in [-0.15, -0.1) is 11.3 Å². The van der Waals surface area contributed by atoms with Crippen molar-refractivity contribution in [2.24, 2.45) is 5.92 Å². The molecule has 6 nitrogen and oxygen atoms in total. The topological polar surface area (TPSA) is 71.0 Å². The molecule has 4 rings (SSSR count). The first-order chi connectivity index (χ1) is 16.8. The van der Waals surface area contributed by atoms with E-state index in [1.54, 1.807) is 19.9 Å². The van der Waals surface area contributed by atoms with Crippen molar-refractivity contribution in [3.8, 4) is 10.4 Å². The Kier molecular flexibility index (Phi) is 6.95. The average molecular weight is 530 g/mol. The quantitative estimate of drug-likeness (QED) is 0.432. The fraction of sp³-hybridized carbons (Fsp3) is 0.391. The Bertz CT molecular complexity index is 1250. The van der Waals surface area contributed by atoms with Gasteiger partial charge < -0.3 is 10.2 Å². The second-order valence-corrected chi connectivity index (χ2v) is 9.83. The number of halogens is 6. The van der Waals surface area contributed by atoms with E-state index in [2.05, 4.69) is 20.3 Å². The molecule has 1 saturated heterocycles. The van der Waals surface area contributed by atoms with Gasteiger partial charge in [-0.25, -0.2) is 28.1 Å². The maximum absolute atomic E-state index is 14.5. The molecule has 0 bridgehead atoms. The summed E-state index contributed by atoms with van der Waals surface area (Å²) >= 11 is 1.15. The molecule has 192 valence electrons. The van der Waals surface area contributed by atoms with Crippen molar-refractivity contribution in [1.82, 2.24) is 19.9 Å². The van der Waals surface area contributed by atoms with Crippen LogP contribution in [0.15, 0.2) is 36.7 Å². The van der Waals surface area contributed by atoms with Crippen LogP contribution >= 0.6 is 11.3 Å². The van der Waals surface area contributed by atoms with Gasteiger partial charge in [-0.2, -0.15) is 13.2 Å². The number of carbonyl (C=O) groups is 1. The number of anilines is 1. The number of amides is 1. The van der Waals surface area contributed by atoms with E-state index in [0.29, 0.717) is 21.6 Å². The summed E-state index contributed by atoms with van der Waals surface area (Å²) in [5, 5.41) is 3.30. The summed E-state index contributed by atoms with van der Waals surface area (Å²) in [6.07, 6.45) is -3.67. The van der Waals surface area contributed by atoms with E-state index < -0.39 is 54.4 Å². The number of hydrogen-bond acceptors (Lipinski definition) is 6. The molecule has 0 radical (unpaired) electrons. The molecule has 2 atom stereocenters. The van der Waals surface area contributed by atoms with Gasteiger partial charge in [0.1, 0.15) is 17.3 Å². The zero-order chi connectivity index (χ0) is 26.3. The maximum Gasteiger partial charge on any atom is 0.434 e. The fourth-order valence-corrected chi connectivity index (χ4v) is 5.09. The lowest BCUT2D eigenvalue weighted by atomic mass is 9.88. The van der Waals surface area contributed by atoms with Crippen LogP contribution in [0.3, 0.4) is 0 Å². The number of piperidine rings is 1. The van der Waals surface area contributed by atoms with Crippen molar-refractivity contribution in [3.63, 3.8) is 0 Å². The number of thiazole rings is 1. The molecule has 1 amide bonds. The molecule has 0 saturated carbocycles. The third-order valence-electron chi connectivity index (χ3n) is 5.80. The highest BCUT2D eigenvalue weighted by Gasteiger charge is 2.47. The number of rotatable bonds is 5. The molecule has 2 aromatic heterocycles. The van der Waals surface area contributed by atoms with Crippen LogP contribution in [0.25, 0.3) is 10.4 Å². The van der Waals surface area contributed by atoms with Crippen molar-refractivity contribution in [3.05, 3.63) is 58.9 Å². The van der Waals surface area contributed by atoms with Gasteiger partial charge in [0, 0.05) is 13.0 Å². The third-order valence-corrected chi connectivity index (χ3v) is 6.82. The first-order valence-corrected chi connectivity index (χ1v) is 11.7. The van der Waals surface area contributed by atoms with E-state index in [9.17, 15) is 31.1 Å². The van der Waals surface area contributed by atoms with Crippen molar-refractivity contribution < 1.29 is 31.1 Å². The Balaban J connectivity index is 1.61. The second kappa shape index (κ2) is 9.68. The number of likely N-dealkylation sites (tertiary alicyclic amines) is 1. The Morgan fingerprint density at radius 2 is 2.00 bits per heavy atom. The molecule has 1 aromatic carbocycles. The van der Waals surface area contributed by atoms with Crippen LogP contribution in [0.4, 0.5) is 32.2 Å². The molecule has 1 fully saturated rings. The first kappa shape index (κ1) is 25.9. The Morgan fingerprint density at radius 1 is 1.25 bits per heavy atom. The third kappa shape index (κ3) is 5.61. The molecule has 3 heterocycles. The largest absolute Gasteiger partial charge is 0.434 e. The molecule has 0 spiro atoms. The van der Waals surface area contributed by atoms with E-state index in [4.69, 9.17) is 0 Å². The Labute approximate surface area is 206 Å². The van der Waals surface area contributed by atoms with Crippen LogP contribution in [-0.4, -0.2) is 50.8 Å². The van der Waals surface area contributed by atoms with Crippen molar-refractivity contribution in [2.45, 2.75) is 38.4 Å². The van der Waals surface area contributed by atoms with Gasteiger partial charge in [-0.3, -0.25) is 4.79 Å². The molecule has 13 heteroatoms. The van der Waals surface area contributed by atoms with E-state index in [0.717, 1.165) is 22.4 Å². The summed E-state index contributed by atoms with van der Waals surface area (Å²) in [7, 11) is 0. The molecule has 1 N–H and O–H groups in total. The molecule has 3 aromatic rings. The highest BCUT2D eigenvalue weighted by Crippen LogP contribution is 2.38. The number of aryl methyl sites for hydroxylation is 1. The average Bonchev–Trinajstić information content (AvgIpc) is 3.18. The summed E-state index contributed by atoms with van der Waals surface area (Å²) < 4.78 is 81.1. The van der Waals surface area contributed by atoms with Gasteiger partial charge in [0.25, 0.3) is 11.8 Å². The van der Waals surface area contributed by atoms with Crippen molar-refractivity contribution in [1.29, 1.82) is 0 Å². The predicted molar refractivity (Wildman–Crippen MR) is 121 cm³/mol. The lowest BCUT2D eigenvalue weighted by Crippen LogP contribution is -2.57. The summed E-state index contributed by atoms with van der Waals surface area (Å²) in [4.78, 5) is 26.2. The van der Waals surface area contributed by atoms with E-state index in [1.807, 2.05) is 0 Å². The van der Waals surface area contributed by atoms with Crippen LogP contribution in [0.1, 0.15) is 34.5 Å². The number of hydrogen-bond donors (Lipinski definition) is 1. The summed E-state index contributed by atoms with van der Waals surface area (Å²) in [5.41, 5.74) is -0.831. The minimum absolute atomic E-state index is 0.00452. The lowest BCUT2D eigenvalue weighted by Gasteiger charge is -2.43. The van der Waals surface area contributed by atoms with Gasteiger partial charge in [0.15, 0.2) is 5.69 Å². The van der Waals surface area contributed by atoms with E-state index in [-0.39, 0.29) is 18.1 Å².